The molecule has 1 N–H and O–H groups in total. The largest absolute Gasteiger partial charge is 0.389 e. The van der Waals surface area contributed by atoms with Gasteiger partial charge in [-0.15, -0.1) is 0 Å². The van der Waals surface area contributed by atoms with Crippen LogP contribution in [0.4, 0.5) is 13.2 Å². The molecular weight excluding hydrogens is 231 g/mol. The normalized spacial score (nSPS) is 13.9. The van der Waals surface area contributed by atoms with E-state index in [1.54, 1.807) is 0 Å². The van der Waals surface area contributed by atoms with Gasteiger partial charge in [-0.05, 0) is 39.2 Å². The fourth-order valence-electron chi connectivity index (χ4n) is 1.48. The lowest BCUT2D eigenvalue weighted by molar-refractivity contribution is -0.135. The summed E-state index contributed by atoms with van der Waals surface area (Å²) < 4.78 is 41.0. The van der Waals surface area contributed by atoms with Gasteiger partial charge in [-0.3, -0.25) is 0 Å². The fraction of sp³-hybridized carbons (Fsp3) is 1.00. The molecule has 1 unspecified atom stereocenters. The number of rotatable bonds is 10. The number of hydrogen-bond donors (Lipinski definition) is 1. The maximum absolute atomic E-state index is 11.9. The van der Waals surface area contributed by atoms with E-state index in [4.69, 9.17) is 4.74 Å². The van der Waals surface area contributed by atoms with Crippen LogP contribution in [-0.4, -0.2) is 32.0 Å². The van der Waals surface area contributed by atoms with Crippen LogP contribution in [0.15, 0.2) is 0 Å². The average molecular weight is 255 g/mol. The van der Waals surface area contributed by atoms with Crippen LogP contribution >= 0.6 is 0 Å². The summed E-state index contributed by atoms with van der Waals surface area (Å²) in [5, 5.41) is 3.20. The summed E-state index contributed by atoms with van der Waals surface area (Å²) in [6.07, 6.45) is -2.02. The maximum atomic E-state index is 11.9. The van der Waals surface area contributed by atoms with E-state index in [0.717, 1.165) is 32.6 Å². The van der Waals surface area contributed by atoms with Gasteiger partial charge in [0, 0.05) is 25.7 Å². The standard InChI is InChI=1S/C12H24F3NO/c1-3-9-17-10-5-8-16-11(2)6-4-7-12(13,14)15/h11,16H,3-10H2,1-2H3. The quantitative estimate of drug-likeness (QED) is 0.603. The van der Waals surface area contributed by atoms with Gasteiger partial charge in [0.15, 0.2) is 0 Å². The van der Waals surface area contributed by atoms with Crippen LogP contribution in [-0.2, 0) is 4.74 Å². The number of nitrogens with one attached hydrogen (secondary N) is 1. The predicted molar refractivity (Wildman–Crippen MR) is 63.1 cm³/mol. The molecule has 104 valence electrons. The number of hydrogen-bond acceptors (Lipinski definition) is 2. The molecule has 0 saturated carbocycles. The Hall–Kier alpha value is -0.290. The van der Waals surface area contributed by atoms with Crippen molar-refractivity contribution in [2.45, 2.75) is 58.2 Å². The lowest BCUT2D eigenvalue weighted by Gasteiger charge is -2.14. The summed E-state index contributed by atoms with van der Waals surface area (Å²) in [4.78, 5) is 0. The van der Waals surface area contributed by atoms with E-state index in [2.05, 4.69) is 12.2 Å². The smallest absolute Gasteiger partial charge is 0.381 e. The molecule has 0 aromatic rings. The molecule has 17 heavy (non-hydrogen) atoms. The van der Waals surface area contributed by atoms with E-state index >= 15 is 0 Å². The summed E-state index contributed by atoms with van der Waals surface area (Å²) in [7, 11) is 0. The molecule has 1 atom stereocenters. The summed E-state index contributed by atoms with van der Waals surface area (Å²) in [6, 6.07) is 0.142. The fourth-order valence-corrected chi connectivity index (χ4v) is 1.48. The minimum Gasteiger partial charge on any atom is -0.381 e. The van der Waals surface area contributed by atoms with Crippen LogP contribution in [0.25, 0.3) is 0 Å². The second kappa shape index (κ2) is 9.71. The lowest BCUT2D eigenvalue weighted by atomic mass is 10.1. The van der Waals surface area contributed by atoms with Crippen molar-refractivity contribution in [3.63, 3.8) is 0 Å². The van der Waals surface area contributed by atoms with E-state index in [9.17, 15) is 13.2 Å². The topological polar surface area (TPSA) is 21.3 Å². The Bertz CT molecular complexity index is 174. The first-order valence-electron chi connectivity index (χ1n) is 6.33. The zero-order valence-corrected chi connectivity index (χ0v) is 10.8. The van der Waals surface area contributed by atoms with Crippen LogP contribution in [0.5, 0.6) is 0 Å². The van der Waals surface area contributed by atoms with Gasteiger partial charge in [0.05, 0.1) is 0 Å². The molecule has 0 spiro atoms. The highest BCUT2D eigenvalue weighted by atomic mass is 19.4. The van der Waals surface area contributed by atoms with E-state index in [1.807, 2.05) is 6.92 Å². The molecule has 0 aliphatic heterocycles. The predicted octanol–water partition coefficient (Wildman–Crippen LogP) is 3.51. The van der Waals surface area contributed by atoms with Crippen molar-refractivity contribution in [2.24, 2.45) is 0 Å². The van der Waals surface area contributed by atoms with Crippen molar-refractivity contribution in [1.82, 2.24) is 5.32 Å². The number of ether oxygens (including phenoxy) is 1. The molecular formula is C12H24F3NO. The van der Waals surface area contributed by atoms with Crippen LogP contribution in [0.2, 0.25) is 0 Å². The second-order valence-electron chi connectivity index (χ2n) is 4.33. The molecule has 0 fully saturated rings. The minimum absolute atomic E-state index is 0.142. The molecule has 0 aliphatic carbocycles. The minimum atomic E-state index is -4.02. The van der Waals surface area contributed by atoms with Gasteiger partial charge >= 0.3 is 6.18 Å². The molecule has 0 saturated heterocycles. The third kappa shape index (κ3) is 13.6. The molecule has 0 radical (unpaired) electrons. The highest BCUT2D eigenvalue weighted by Gasteiger charge is 2.26. The second-order valence-corrected chi connectivity index (χ2v) is 4.33. The van der Waals surface area contributed by atoms with Gasteiger partial charge in [0.25, 0.3) is 0 Å². The molecule has 0 amide bonds. The number of alkyl halides is 3. The lowest BCUT2D eigenvalue weighted by Crippen LogP contribution is -2.28. The Balaban J connectivity index is 3.26. The highest BCUT2D eigenvalue weighted by molar-refractivity contribution is 4.62. The molecule has 5 heteroatoms. The highest BCUT2D eigenvalue weighted by Crippen LogP contribution is 2.22. The summed E-state index contributed by atoms with van der Waals surface area (Å²) >= 11 is 0. The molecule has 0 bridgehead atoms. The van der Waals surface area contributed by atoms with Gasteiger partial charge in [0.2, 0.25) is 0 Å². The maximum Gasteiger partial charge on any atom is 0.389 e. The molecule has 0 rings (SSSR count). The third-order valence-electron chi connectivity index (χ3n) is 2.40. The Morgan fingerprint density at radius 2 is 1.88 bits per heavy atom. The third-order valence-corrected chi connectivity index (χ3v) is 2.40. The Labute approximate surface area is 102 Å². The zero-order valence-electron chi connectivity index (χ0n) is 10.8. The molecule has 0 aromatic heterocycles. The zero-order chi connectivity index (χ0) is 13.1. The van der Waals surface area contributed by atoms with Crippen LogP contribution in [0.1, 0.15) is 46.0 Å². The van der Waals surface area contributed by atoms with E-state index in [1.165, 1.54) is 0 Å². The van der Waals surface area contributed by atoms with Crippen molar-refractivity contribution in [3.8, 4) is 0 Å². The monoisotopic (exact) mass is 255 g/mol. The Morgan fingerprint density at radius 1 is 1.18 bits per heavy atom. The molecule has 0 aromatic carbocycles. The van der Waals surface area contributed by atoms with Gasteiger partial charge < -0.3 is 10.1 Å². The van der Waals surface area contributed by atoms with Crippen molar-refractivity contribution < 1.29 is 17.9 Å². The van der Waals surface area contributed by atoms with Crippen molar-refractivity contribution in [1.29, 1.82) is 0 Å². The van der Waals surface area contributed by atoms with Crippen LogP contribution in [0.3, 0.4) is 0 Å². The average Bonchev–Trinajstić information content (AvgIpc) is 2.21. The van der Waals surface area contributed by atoms with Gasteiger partial charge in [-0.25, -0.2) is 0 Å². The van der Waals surface area contributed by atoms with Crippen molar-refractivity contribution >= 4 is 0 Å². The first kappa shape index (κ1) is 16.7. The number of halogens is 3. The molecule has 0 aliphatic rings. The summed E-state index contributed by atoms with van der Waals surface area (Å²) in [5.74, 6) is 0. The van der Waals surface area contributed by atoms with Crippen LogP contribution in [0, 0.1) is 0 Å². The Kier molecular flexibility index (Phi) is 9.55. The van der Waals surface area contributed by atoms with E-state index < -0.39 is 12.6 Å². The van der Waals surface area contributed by atoms with Crippen molar-refractivity contribution in [2.75, 3.05) is 19.8 Å². The van der Waals surface area contributed by atoms with E-state index in [0.29, 0.717) is 6.42 Å². The summed E-state index contributed by atoms with van der Waals surface area (Å²) in [6.45, 7) is 6.28. The molecule has 2 nitrogen and oxygen atoms in total. The summed E-state index contributed by atoms with van der Waals surface area (Å²) in [5.41, 5.74) is 0. The Morgan fingerprint density at radius 3 is 2.47 bits per heavy atom. The van der Waals surface area contributed by atoms with Crippen molar-refractivity contribution in [3.05, 3.63) is 0 Å². The first-order valence-corrected chi connectivity index (χ1v) is 6.33. The van der Waals surface area contributed by atoms with E-state index in [-0.39, 0.29) is 12.5 Å². The first-order chi connectivity index (χ1) is 7.95. The van der Waals surface area contributed by atoms with Crippen LogP contribution < -0.4 is 5.32 Å². The van der Waals surface area contributed by atoms with Gasteiger partial charge in [-0.2, -0.15) is 13.2 Å². The SMILES string of the molecule is CCCOCCCNC(C)CCCC(F)(F)F. The van der Waals surface area contributed by atoms with Gasteiger partial charge in [-0.1, -0.05) is 6.92 Å². The molecule has 0 heterocycles. The van der Waals surface area contributed by atoms with Gasteiger partial charge in [0.1, 0.15) is 0 Å².